The summed E-state index contributed by atoms with van der Waals surface area (Å²) in [6, 6.07) is 5.70. The molecule has 1 aromatic carbocycles. The van der Waals surface area contributed by atoms with E-state index in [1.165, 1.54) is 16.9 Å². The molecule has 7 heteroatoms. The first-order valence-electron chi connectivity index (χ1n) is 9.29. The molecule has 0 aliphatic carbocycles. The number of thiazole rings is 1. The third-order valence-electron chi connectivity index (χ3n) is 4.12. The molecular formula is C21H27N3O3S. The number of nitrogens with one attached hydrogen (secondary N) is 2. The van der Waals surface area contributed by atoms with Crippen LogP contribution in [0.15, 0.2) is 36.7 Å². The van der Waals surface area contributed by atoms with E-state index >= 15 is 0 Å². The summed E-state index contributed by atoms with van der Waals surface area (Å²) in [4.78, 5) is 28.9. The van der Waals surface area contributed by atoms with Gasteiger partial charge < -0.3 is 15.4 Å². The molecule has 0 radical (unpaired) electrons. The molecule has 1 heterocycles. The lowest BCUT2D eigenvalue weighted by Gasteiger charge is -2.11. The smallest absolute Gasteiger partial charge is 0.263 e. The van der Waals surface area contributed by atoms with Crippen molar-refractivity contribution in [2.75, 3.05) is 13.2 Å². The fraction of sp³-hybridized carbons (Fsp3) is 0.381. The average Bonchev–Trinajstić information content (AvgIpc) is 3.12. The van der Waals surface area contributed by atoms with Crippen LogP contribution in [-0.4, -0.2) is 29.9 Å². The van der Waals surface area contributed by atoms with Crippen molar-refractivity contribution in [3.63, 3.8) is 0 Å². The van der Waals surface area contributed by atoms with Crippen LogP contribution in [0.3, 0.4) is 0 Å². The molecule has 2 N–H and O–H groups in total. The Morgan fingerprint density at radius 3 is 2.75 bits per heavy atom. The van der Waals surface area contributed by atoms with Crippen molar-refractivity contribution in [3.8, 4) is 5.75 Å². The molecule has 0 bridgehead atoms. The number of amides is 2. The maximum absolute atomic E-state index is 12.1. The van der Waals surface area contributed by atoms with Gasteiger partial charge in [-0.25, -0.2) is 4.98 Å². The molecule has 2 amide bonds. The Labute approximate surface area is 170 Å². The van der Waals surface area contributed by atoms with E-state index < -0.39 is 0 Å². The molecule has 0 saturated carbocycles. The topological polar surface area (TPSA) is 80.3 Å². The highest BCUT2D eigenvalue weighted by Gasteiger charge is 2.10. The maximum Gasteiger partial charge on any atom is 0.263 e. The first kappa shape index (κ1) is 21.6. The highest BCUT2D eigenvalue weighted by molar-refractivity contribution is 7.13. The largest absolute Gasteiger partial charge is 0.484 e. The van der Waals surface area contributed by atoms with E-state index in [-0.39, 0.29) is 18.4 Å². The minimum atomic E-state index is -0.277. The van der Waals surface area contributed by atoms with Gasteiger partial charge in [0.05, 0.1) is 11.2 Å². The Balaban J connectivity index is 1.67. The second kappa shape index (κ2) is 10.6. The highest BCUT2D eigenvalue weighted by Crippen LogP contribution is 2.16. The van der Waals surface area contributed by atoms with Gasteiger partial charge in [-0.3, -0.25) is 9.59 Å². The summed E-state index contributed by atoms with van der Waals surface area (Å²) in [5.74, 6) is 0.224. The molecule has 150 valence electrons. The standard InChI is InChI=1S/C21H27N3O3S/c1-5-6-20-23-12-18(28-20)21(26)22-10-9-16(4)24-19(25)13-27-17-8-7-14(2)15(3)11-17/h7-8,11-12H,4-6,9-10,13H2,1-3H3,(H,22,26)(H,24,25). The zero-order valence-corrected chi connectivity index (χ0v) is 17.4. The van der Waals surface area contributed by atoms with Crippen molar-refractivity contribution >= 4 is 23.2 Å². The van der Waals surface area contributed by atoms with E-state index in [9.17, 15) is 9.59 Å². The van der Waals surface area contributed by atoms with Gasteiger partial charge in [0.1, 0.15) is 10.6 Å². The SMILES string of the molecule is C=C(CCNC(=O)c1cnc(CCC)s1)NC(=O)COc1ccc(C)c(C)c1. The van der Waals surface area contributed by atoms with Gasteiger partial charge in [-0.05, 0) is 49.9 Å². The van der Waals surface area contributed by atoms with Crippen LogP contribution in [0.4, 0.5) is 0 Å². The lowest BCUT2D eigenvalue weighted by Crippen LogP contribution is -2.30. The zero-order valence-electron chi connectivity index (χ0n) is 16.6. The predicted octanol–water partition coefficient (Wildman–Crippen LogP) is 3.54. The first-order chi connectivity index (χ1) is 13.4. The average molecular weight is 402 g/mol. The number of aromatic nitrogens is 1. The van der Waals surface area contributed by atoms with Gasteiger partial charge >= 0.3 is 0 Å². The molecule has 0 atom stereocenters. The summed E-state index contributed by atoms with van der Waals surface area (Å²) in [6.45, 7) is 10.2. The van der Waals surface area contributed by atoms with E-state index in [1.54, 1.807) is 6.20 Å². The van der Waals surface area contributed by atoms with Crippen LogP contribution in [0, 0.1) is 13.8 Å². The van der Waals surface area contributed by atoms with Crippen LogP contribution >= 0.6 is 11.3 Å². The number of benzene rings is 1. The Kier molecular flexibility index (Phi) is 8.19. The quantitative estimate of drug-likeness (QED) is 0.638. The highest BCUT2D eigenvalue weighted by atomic mass is 32.1. The second-order valence-corrected chi connectivity index (χ2v) is 7.68. The Morgan fingerprint density at radius 1 is 1.25 bits per heavy atom. The lowest BCUT2D eigenvalue weighted by molar-refractivity contribution is -0.122. The molecule has 28 heavy (non-hydrogen) atoms. The summed E-state index contributed by atoms with van der Waals surface area (Å²) in [6.07, 6.45) is 3.93. The van der Waals surface area contributed by atoms with Crippen molar-refractivity contribution in [1.29, 1.82) is 0 Å². The number of aryl methyl sites for hydroxylation is 3. The molecule has 0 aliphatic rings. The van der Waals surface area contributed by atoms with Crippen LogP contribution in [0.5, 0.6) is 5.75 Å². The number of carbonyl (C=O) groups is 2. The van der Waals surface area contributed by atoms with E-state index in [1.807, 2.05) is 32.0 Å². The molecule has 0 saturated heterocycles. The third-order valence-corrected chi connectivity index (χ3v) is 5.17. The van der Waals surface area contributed by atoms with Gasteiger partial charge in [-0.15, -0.1) is 11.3 Å². The Morgan fingerprint density at radius 2 is 2.04 bits per heavy atom. The summed E-state index contributed by atoms with van der Waals surface area (Å²) in [7, 11) is 0. The maximum atomic E-state index is 12.1. The first-order valence-corrected chi connectivity index (χ1v) is 10.1. The monoisotopic (exact) mass is 401 g/mol. The van der Waals surface area contributed by atoms with E-state index in [4.69, 9.17) is 4.74 Å². The summed E-state index contributed by atoms with van der Waals surface area (Å²) in [5.41, 5.74) is 2.82. The van der Waals surface area contributed by atoms with Gasteiger partial charge in [-0.1, -0.05) is 19.6 Å². The number of nitrogens with zero attached hydrogens (tertiary/aromatic N) is 1. The van der Waals surface area contributed by atoms with E-state index in [0.717, 1.165) is 23.4 Å². The lowest BCUT2D eigenvalue weighted by atomic mass is 10.1. The predicted molar refractivity (Wildman–Crippen MR) is 112 cm³/mol. The molecule has 6 nitrogen and oxygen atoms in total. The van der Waals surface area contributed by atoms with Gasteiger partial charge in [0.2, 0.25) is 0 Å². The molecule has 0 spiro atoms. The minimum Gasteiger partial charge on any atom is -0.484 e. The Hall–Kier alpha value is -2.67. The van der Waals surface area contributed by atoms with Gasteiger partial charge in [-0.2, -0.15) is 0 Å². The number of rotatable bonds is 10. The summed E-state index contributed by atoms with van der Waals surface area (Å²) < 4.78 is 5.50. The zero-order chi connectivity index (χ0) is 20.5. The van der Waals surface area contributed by atoms with E-state index in [0.29, 0.717) is 29.3 Å². The van der Waals surface area contributed by atoms with Crippen molar-refractivity contribution in [2.24, 2.45) is 0 Å². The molecule has 0 unspecified atom stereocenters. The number of ether oxygens (including phenoxy) is 1. The normalized spacial score (nSPS) is 10.4. The van der Waals surface area contributed by atoms with Crippen molar-refractivity contribution in [1.82, 2.24) is 15.6 Å². The molecular weight excluding hydrogens is 374 g/mol. The second-order valence-electron chi connectivity index (χ2n) is 6.56. The summed E-state index contributed by atoms with van der Waals surface area (Å²) >= 11 is 1.41. The van der Waals surface area contributed by atoms with Crippen LogP contribution in [0.1, 0.15) is 45.6 Å². The number of hydrogen-bond donors (Lipinski definition) is 2. The van der Waals surface area contributed by atoms with Crippen LogP contribution in [0.2, 0.25) is 0 Å². The molecule has 2 rings (SSSR count). The van der Waals surface area contributed by atoms with E-state index in [2.05, 4.69) is 29.1 Å². The molecule has 2 aromatic rings. The van der Waals surface area contributed by atoms with Gasteiger partial charge in [0, 0.05) is 18.7 Å². The number of hydrogen-bond acceptors (Lipinski definition) is 5. The van der Waals surface area contributed by atoms with Crippen LogP contribution in [0.25, 0.3) is 0 Å². The van der Waals surface area contributed by atoms with Crippen molar-refractivity contribution in [2.45, 2.75) is 40.0 Å². The van der Waals surface area contributed by atoms with Crippen molar-refractivity contribution < 1.29 is 14.3 Å². The summed E-state index contributed by atoms with van der Waals surface area (Å²) in [5, 5.41) is 6.47. The molecule has 1 aromatic heterocycles. The third kappa shape index (κ3) is 6.81. The van der Waals surface area contributed by atoms with Crippen molar-refractivity contribution in [3.05, 3.63) is 57.7 Å². The fourth-order valence-corrected chi connectivity index (χ4v) is 3.34. The Bertz CT molecular complexity index is 845. The fourth-order valence-electron chi connectivity index (χ4n) is 2.41. The number of carbonyl (C=O) groups excluding carboxylic acids is 2. The van der Waals surface area contributed by atoms with Crippen LogP contribution in [-0.2, 0) is 11.2 Å². The van der Waals surface area contributed by atoms with Crippen LogP contribution < -0.4 is 15.4 Å². The molecule has 0 fully saturated rings. The molecule has 0 aliphatic heterocycles. The van der Waals surface area contributed by atoms with Gasteiger partial charge in [0.15, 0.2) is 6.61 Å². The minimum absolute atomic E-state index is 0.0883. The van der Waals surface area contributed by atoms with Gasteiger partial charge in [0.25, 0.3) is 11.8 Å².